The SMILES string of the molecule is CC/C=C\C/C=C\C/C=C\C/C=C\CCC(=O)NC(COC1OC(CO)C(OC2OC(CO)C(O)C(O)C2O)C(O)C1O)C(O)/C=C/CC/C=C/CC/C=C/CCCCCCCC. The number of allylic oxidation sites excluding steroid dienone is 13. The molecule has 2 aliphatic rings. The molecule has 0 aromatic heterocycles. The highest BCUT2D eigenvalue weighted by Crippen LogP contribution is 2.29. The highest BCUT2D eigenvalue weighted by atomic mass is 16.7. The minimum Gasteiger partial charge on any atom is -0.394 e. The Kier molecular flexibility index (Phi) is 31.7. The molecule has 0 saturated carbocycles. The zero-order valence-electron chi connectivity index (χ0n) is 37.8. The number of hydrogen-bond donors (Lipinski definition) is 9. The van der Waals surface area contributed by atoms with Crippen LogP contribution in [-0.2, 0) is 23.7 Å². The maximum atomic E-state index is 13.1. The van der Waals surface area contributed by atoms with Crippen molar-refractivity contribution in [2.24, 2.45) is 0 Å². The molecule has 2 rings (SSSR count). The van der Waals surface area contributed by atoms with Crippen molar-refractivity contribution < 1.29 is 64.6 Å². The van der Waals surface area contributed by atoms with E-state index in [2.05, 4.69) is 79.9 Å². The number of aliphatic hydroxyl groups excluding tert-OH is 8. The van der Waals surface area contributed by atoms with Gasteiger partial charge in [-0.1, -0.05) is 131 Å². The van der Waals surface area contributed by atoms with E-state index in [-0.39, 0.29) is 18.9 Å². The minimum absolute atomic E-state index is 0.144. The third kappa shape index (κ3) is 23.3. The van der Waals surface area contributed by atoms with Crippen molar-refractivity contribution in [3.05, 3.63) is 85.1 Å². The zero-order chi connectivity index (χ0) is 46.1. The quantitative estimate of drug-likeness (QED) is 0.0312. The topological polar surface area (TPSA) is 228 Å². The molecule has 0 spiro atoms. The van der Waals surface area contributed by atoms with Crippen molar-refractivity contribution in [3.8, 4) is 0 Å². The van der Waals surface area contributed by atoms with E-state index in [4.69, 9.17) is 18.9 Å². The molecule has 12 unspecified atom stereocenters. The molecule has 360 valence electrons. The second-order valence-electron chi connectivity index (χ2n) is 16.1. The molecule has 1 amide bonds. The fourth-order valence-electron chi connectivity index (χ4n) is 6.98. The molecule has 0 bridgehead atoms. The summed E-state index contributed by atoms with van der Waals surface area (Å²) < 4.78 is 22.6. The summed E-state index contributed by atoms with van der Waals surface area (Å²) in [6.07, 6.45) is 27.9. The molecule has 0 aromatic carbocycles. The molecule has 14 heteroatoms. The molecule has 12 atom stereocenters. The molecule has 2 heterocycles. The Morgan fingerprint density at radius 3 is 1.73 bits per heavy atom. The van der Waals surface area contributed by atoms with Crippen LogP contribution < -0.4 is 5.32 Å². The molecule has 0 aliphatic carbocycles. The Morgan fingerprint density at radius 1 is 0.587 bits per heavy atom. The van der Waals surface area contributed by atoms with Gasteiger partial charge in [0.2, 0.25) is 5.91 Å². The molecule has 0 radical (unpaired) electrons. The third-order valence-corrected chi connectivity index (χ3v) is 10.8. The highest BCUT2D eigenvalue weighted by molar-refractivity contribution is 5.76. The molecule has 0 aromatic rings. The summed E-state index contributed by atoms with van der Waals surface area (Å²) in [5, 5.41) is 86.4. The second kappa shape index (κ2) is 35.4. The van der Waals surface area contributed by atoms with Crippen LogP contribution in [0.25, 0.3) is 0 Å². The Hall–Kier alpha value is -2.83. The predicted molar refractivity (Wildman–Crippen MR) is 244 cm³/mol. The number of amides is 1. The average molecular weight is 892 g/mol. The predicted octanol–water partition coefficient (Wildman–Crippen LogP) is 5.04. The Balaban J connectivity index is 1.95. The van der Waals surface area contributed by atoms with Gasteiger partial charge in [0.05, 0.1) is 32.0 Å². The molecule has 2 fully saturated rings. The van der Waals surface area contributed by atoms with E-state index in [0.29, 0.717) is 12.8 Å². The summed E-state index contributed by atoms with van der Waals surface area (Å²) in [6, 6.07) is -0.978. The van der Waals surface area contributed by atoms with E-state index < -0.39 is 86.8 Å². The van der Waals surface area contributed by atoms with Crippen molar-refractivity contribution in [1.29, 1.82) is 0 Å². The summed E-state index contributed by atoms with van der Waals surface area (Å²) in [6.45, 7) is 2.54. The molecule has 14 nitrogen and oxygen atoms in total. The van der Waals surface area contributed by atoms with E-state index in [1.54, 1.807) is 6.08 Å². The van der Waals surface area contributed by atoms with Crippen LogP contribution in [0.3, 0.4) is 0 Å². The number of unbranched alkanes of at least 4 members (excludes halogenated alkanes) is 8. The average Bonchev–Trinajstić information content (AvgIpc) is 3.28. The monoisotopic (exact) mass is 892 g/mol. The number of aliphatic hydroxyl groups is 8. The van der Waals surface area contributed by atoms with E-state index in [0.717, 1.165) is 51.4 Å². The maximum Gasteiger partial charge on any atom is 0.220 e. The van der Waals surface area contributed by atoms with E-state index in [9.17, 15) is 45.6 Å². The van der Waals surface area contributed by atoms with E-state index in [1.807, 2.05) is 18.2 Å². The van der Waals surface area contributed by atoms with Crippen molar-refractivity contribution in [2.75, 3.05) is 19.8 Å². The lowest BCUT2D eigenvalue weighted by Crippen LogP contribution is -2.65. The van der Waals surface area contributed by atoms with Gasteiger partial charge in [0, 0.05) is 6.42 Å². The van der Waals surface area contributed by atoms with E-state index >= 15 is 0 Å². The molecule has 2 saturated heterocycles. The van der Waals surface area contributed by atoms with Gasteiger partial charge in [-0.25, -0.2) is 0 Å². The van der Waals surface area contributed by atoms with Gasteiger partial charge < -0.3 is 65.1 Å². The first-order valence-corrected chi connectivity index (χ1v) is 23.3. The minimum atomic E-state index is -1.80. The second-order valence-corrected chi connectivity index (χ2v) is 16.1. The Labute approximate surface area is 376 Å². The standard InChI is InChI=1S/C49H81NO13/c1-3-5-7-9-11-13-15-17-18-19-21-22-24-26-28-30-32-38(53)37(50-41(54)33-31-29-27-25-23-20-16-14-12-10-8-6-4-2)36-60-48-46(59)44(57)47(40(35-52)62-48)63-49-45(58)43(56)42(55)39(34-51)61-49/h6,8,12,14,17-18,20,22-24,27,29-30,32,37-40,42-49,51-53,55-59H,3-5,7,9-11,13,15-16,19,21,25-26,28,31,33-36H2,1-2H3,(H,50,54)/b8-6-,14-12-,18-17+,23-20-,24-22+,29-27-,32-30+. The molecule has 9 N–H and O–H groups in total. The van der Waals surface area contributed by atoms with Crippen molar-refractivity contribution in [3.63, 3.8) is 0 Å². The Morgan fingerprint density at radius 2 is 1.11 bits per heavy atom. The van der Waals surface area contributed by atoms with Crippen LogP contribution in [0.5, 0.6) is 0 Å². The van der Waals surface area contributed by atoms with Gasteiger partial charge in [0.25, 0.3) is 0 Å². The van der Waals surface area contributed by atoms with Gasteiger partial charge in [-0.15, -0.1) is 0 Å². The molecule has 63 heavy (non-hydrogen) atoms. The van der Waals surface area contributed by atoms with Crippen LogP contribution in [0, 0.1) is 0 Å². The number of ether oxygens (including phenoxy) is 4. The number of hydrogen-bond acceptors (Lipinski definition) is 13. The summed E-state index contributed by atoms with van der Waals surface area (Å²) >= 11 is 0. The van der Waals surface area contributed by atoms with Gasteiger partial charge in [0.15, 0.2) is 12.6 Å². The zero-order valence-corrected chi connectivity index (χ0v) is 37.8. The largest absolute Gasteiger partial charge is 0.394 e. The fraction of sp³-hybridized carbons (Fsp3) is 0.694. The molecule has 2 aliphatic heterocycles. The number of rotatable bonds is 33. The van der Waals surface area contributed by atoms with Crippen LogP contribution in [0.4, 0.5) is 0 Å². The Bertz CT molecular complexity index is 1380. The first kappa shape index (κ1) is 56.3. The summed E-state index contributed by atoms with van der Waals surface area (Å²) in [7, 11) is 0. The summed E-state index contributed by atoms with van der Waals surface area (Å²) in [5.41, 5.74) is 0. The van der Waals surface area contributed by atoms with Crippen molar-refractivity contribution >= 4 is 5.91 Å². The fourth-order valence-corrected chi connectivity index (χ4v) is 6.98. The van der Waals surface area contributed by atoms with E-state index in [1.165, 1.54) is 38.5 Å². The van der Waals surface area contributed by atoms with Gasteiger partial charge in [-0.2, -0.15) is 0 Å². The molecular formula is C49H81NO13. The normalized spacial score (nSPS) is 28.3. The number of nitrogens with one attached hydrogen (secondary N) is 1. The van der Waals surface area contributed by atoms with Gasteiger partial charge >= 0.3 is 0 Å². The van der Waals surface area contributed by atoms with Crippen LogP contribution >= 0.6 is 0 Å². The van der Waals surface area contributed by atoms with Gasteiger partial charge in [0.1, 0.15) is 48.8 Å². The third-order valence-electron chi connectivity index (χ3n) is 10.8. The van der Waals surface area contributed by atoms with Gasteiger partial charge in [-0.05, 0) is 70.6 Å². The van der Waals surface area contributed by atoms with Gasteiger partial charge in [-0.3, -0.25) is 4.79 Å². The highest BCUT2D eigenvalue weighted by Gasteiger charge is 2.50. The number of carbonyl (C=O) groups is 1. The lowest BCUT2D eigenvalue weighted by Gasteiger charge is -2.46. The first-order chi connectivity index (χ1) is 30.6. The van der Waals surface area contributed by atoms with Crippen LogP contribution in [0.2, 0.25) is 0 Å². The summed E-state index contributed by atoms with van der Waals surface area (Å²) in [4.78, 5) is 13.1. The molecular weight excluding hydrogens is 811 g/mol. The maximum absolute atomic E-state index is 13.1. The van der Waals surface area contributed by atoms with Crippen LogP contribution in [0.1, 0.15) is 123 Å². The number of carbonyl (C=O) groups excluding carboxylic acids is 1. The van der Waals surface area contributed by atoms with Crippen molar-refractivity contribution in [1.82, 2.24) is 5.32 Å². The smallest absolute Gasteiger partial charge is 0.220 e. The van der Waals surface area contributed by atoms with Crippen molar-refractivity contribution in [2.45, 2.75) is 197 Å². The van der Waals surface area contributed by atoms with Crippen LogP contribution in [-0.4, -0.2) is 140 Å². The lowest BCUT2D eigenvalue weighted by atomic mass is 9.97. The summed E-state index contributed by atoms with van der Waals surface area (Å²) in [5.74, 6) is -0.339. The lowest BCUT2D eigenvalue weighted by molar-refractivity contribution is -0.359. The van der Waals surface area contributed by atoms with Crippen LogP contribution in [0.15, 0.2) is 85.1 Å². The first-order valence-electron chi connectivity index (χ1n) is 23.3.